The molecule has 0 aromatic rings. The third-order valence-electron chi connectivity index (χ3n) is 4.01. The molecule has 2 rings (SSSR count). The van der Waals surface area contributed by atoms with E-state index in [-0.39, 0.29) is 0 Å². The van der Waals surface area contributed by atoms with Gasteiger partial charge in [-0.25, -0.2) is 0 Å². The smallest absolute Gasteiger partial charge is 0.00503 e. The Labute approximate surface area is 81.5 Å². The summed E-state index contributed by atoms with van der Waals surface area (Å²) in [6, 6.07) is 0. The summed E-state index contributed by atoms with van der Waals surface area (Å²) in [5, 5.41) is 0. The largest absolute Gasteiger partial charge is 0.330 e. The van der Waals surface area contributed by atoms with E-state index in [9.17, 15) is 0 Å². The summed E-state index contributed by atoms with van der Waals surface area (Å²) < 4.78 is 0. The maximum Gasteiger partial charge on any atom is 0.00503 e. The van der Waals surface area contributed by atoms with E-state index in [4.69, 9.17) is 5.73 Å². The van der Waals surface area contributed by atoms with Crippen LogP contribution < -0.4 is 5.73 Å². The first kappa shape index (κ1) is 9.47. The summed E-state index contributed by atoms with van der Waals surface area (Å²) >= 11 is 0. The van der Waals surface area contributed by atoms with E-state index in [1.54, 1.807) is 0 Å². The zero-order valence-electron chi connectivity index (χ0n) is 8.92. The number of rotatable bonds is 3. The molecule has 76 valence electrons. The molecule has 2 nitrogen and oxygen atoms in total. The zero-order chi connectivity index (χ0) is 9.47. The van der Waals surface area contributed by atoms with Crippen LogP contribution in [0.25, 0.3) is 0 Å². The van der Waals surface area contributed by atoms with E-state index < -0.39 is 0 Å². The SMILES string of the molecule is CC1CN(CC2(CN)CC2)CC1C. The molecular formula is C11H22N2. The topological polar surface area (TPSA) is 29.3 Å². The summed E-state index contributed by atoms with van der Waals surface area (Å²) in [6.45, 7) is 9.48. The first-order valence-electron chi connectivity index (χ1n) is 5.58. The number of hydrogen-bond donors (Lipinski definition) is 1. The molecule has 2 aliphatic rings. The molecule has 0 amide bonds. The quantitative estimate of drug-likeness (QED) is 0.713. The maximum absolute atomic E-state index is 5.79. The van der Waals surface area contributed by atoms with Crippen molar-refractivity contribution < 1.29 is 0 Å². The van der Waals surface area contributed by atoms with Crippen LogP contribution in [0, 0.1) is 17.3 Å². The predicted octanol–water partition coefficient (Wildman–Crippen LogP) is 1.31. The summed E-state index contributed by atoms with van der Waals surface area (Å²) in [5.41, 5.74) is 6.32. The molecule has 0 aromatic carbocycles. The van der Waals surface area contributed by atoms with Crippen LogP contribution in [0.2, 0.25) is 0 Å². The molecule has 2 N–H and O–H groups in total. The second-order valence-electron chi connectivity index (χ2n) is 5.35. The van der Waals surface area contributed by atoms with Gasteiger partial charge in [0.05, 0.1) is 0 Å². The van der Waals surface area contributed by atoms with Crippen molar-refractivity contribution in [2.75, 3.05) is 26.2 Å². The highest BCUT2D eigenvalue weighted by Gasteiger charge is 2.43. The average Bonchev–Trinajstić information content (AvgIpc) is 2.78. The molecule has 1 saturated carbocycles. The first-order valence-corrected chi connectivity index (χ1v) is 5.58. The lowest BCUT2D eigenvalue weighted by atomic mass is 10.0. The van der Waals surface area contributed by atoms with Crippen LogP contribution in [0.4, 0.5) is 0 Å². The predicted molar refractivity (Wildman–Crippen MR) is 55.5 cm³/mol. The van der Waals surface area contributed by atoms with Crippen molar-refractivity contribution in [3.63, 3.8) is 0 Å². The Bertz CT molecular complexity index is 177. The average molecular weight is 182 g/mol. The van der Waals surface area contributed by atoms with Crippen molar-refractivity contribution in [2.45, 2.75) is 26.7 Å². The Hall–Kier alpha value is -0.0800. The minimum Gasteiger partial charge on any atom is -0.330 e. The van der Waals surface area contributed by atoms with Gasteiger partial charge in [0.15, 0.2) is 0 Å². The van der Waals surface area contributed by atoms with Crippen molar-refractivity contribution in [3.05, 3.63) is 0 Å². The summed E-state index contributed by atoms with van der Waals surface area (Å²) in [5.74, 6) is 1.77. The van der Waals surface area contributed by atoms with Gasteiger partial charge in [-0.15, -0.1) is 0 Å². The second kappa shape index (κ2) is 3.25. The fourth-order valence-electron chi connectivity index (χ4n) is 2.46. The number of nitrogens with two attached hydrogens (primary N) is 1. The van der Waals surface area contributed by atoms with Gasteiger partial charge < -0.3 is 10.6 Å². The van der Waals surface area contributed by atoms with Crippen LogP contribution in [0.3, 0.4) is 0 Å². The Morgan fingerprint density at radius 1 is 1.23 bits per heavy atom. The van der Waals surface area contributed by atoms with Crippen LogP contribution in [0.15, 0.2) is 0 Å². The van der Waals surface area contributed by atoms with Gasteiger partial charge in [0, 0.05) is 19.6 Å². The van der Waals surface area contributed by atoms with Crippen molar-refractivity contribution in [3.8, 4) is 0 Å². The first-order chi connectivity index (χ1) is 6.15. The zero-order valence-corrected chi connectivity index (χ0v) is 8.92. The lowest BCUT2D eigenvalue weighted by Gasteiger charge is -2.21. The van der Waals surface area contributed by atoms with Gasteiger partial charge in [0.25, 0.3) is 0 Å². The minimum atomic E-state index is 0.532. The van der Waals surface area contributed by atoms with Gasteiger partial charge in [-0.3, -0.25) is 0 Å². The van der Waals surface area contributed by atoms with Gasteiger partial charge in [0.1, 0.15) is 0 Å². The van der Waals surface area contributed by atoms with Gasteiger partial charge in [0.2, 0.25) is 0 Å². The maximum atomic E-state index is 5.79. The normalized spacial score (nSPS) is 38.1. The summed E-state index contributed by atoms with van der Waals surface area (Å²) in [4.78, 5) is 2.62. The van der Waals surface area contributed by atoms with E-state index in [2.05, 4.69) is 18.7 Å². The van der Waals surface area contributed by atoms with Gasteiger partial charge in [-0.05, 0) is 36.6 Å². The van der Waals surface area contributed by atoms with Crippen LogP contribution in [0.5, 0.6) is 0 Å². The molecular weight excluding hydrogens is 160 g/mol. The molecule has 2 heteroatoms. The molecule has 0 radical (unpaired) electrons. The summed E-state index contributed by atoms with van der Waals surface area (Å²) in [7, 11) is 0. The third kappa shape index (κ3) is 1.89. The van der Waals surface area contributed by atoms with Crippen molar-refractivity contribution in [1.29, 1.82) is 0 Å². The van der Waals surface area contributed by atoms with E-state index in [0.717, 1.165) is 18.4 Å². The molecule has 2 fully saturated rings. The van der Waals surface area contributed by atoms with Gasteiger partial charge in [-0.1, -0.05) is 13.8 Å². The van der Waals surface area contributed by atoms with Gasteiger partial charge >= 0.3 is 0 Å². The van der Waals surface area contributed by atoms with Gasteiger partial charge in [-0.2, -0.15) is 0 Å². The Morgan fingerprint density at radius 2 is 1.77 bits per heavy atom. The Kier molecular flexibility index (Phi) is 2.37. The van der Waals surface area contributed by atoms with E-state index >= 15 is 0 Å². The fourth-order valence-corrected chi connectivity index (χ4v) is 2.46. The Balaban J connectivity index is 1.83. The second-order valence-corrected chi connectivity index (χ2v) is 5.35. The highest BCUT2D eigenvalue weighted by atomic mass is 15.2. The van der Waals surface area contributed by atoms with Crippen LogP contribution in [-0.2, 0) is 0 Å². The highest BCUT2D eigenvalue weighted by Crippen LogP contribution is 2.45. The van der Waals surface area contributed by atoms with Crippen molar-refractivity contribution in [1.82, 2.24) is 4.90 Å². The van der Waals surface area contributed by atoms with Crippen molar-refractivity contribution >= 4 is 0 Å². The van der Waals surface area contributed by atoms with E-state index in [0.29, 0.717) is 5.41 Å². The fraction of sp³-hybridized carbons (Fsp3) is 1.00. The molecule has 0 spiro atoms. The van der Waals surface area contributed by atoms with E-state index in [1.807, 2.05) is 0 Å². The standard InChI is InChI=1S/C11H22N2/c1-9-5-13(6-10(9)2)8-11(7-12)3-4-11/h9-10H,3-8,12H2,1-2H3. The minimum absolute atomic E-state index is 0.532. The molecule has 13 heavy (non-hydrogen) atoms. The monoisotopic (exact) mass is 182 g/mol. The highest BCUT2D eigenvalue weighted by molar-refractivity contribution is 4.97. The number of likely N-dealkylation sites (tertiary alicyclic amines) is 1. The molecule has 1 heterocycles. The summed E-state index contributed by atoms with van der Waals surface area (Å²) in [6.07, 6.45) is 2.73. The molecule has 0 bridgehead atoms. The molecule has 2 atom stereocenters. The molecule has 1 aliphatic carbocycles. The number of hydrogen-bond acceptors (Lipinski definition) is 2. The van der Waals surface area contributed by atoms with Crippen molar-refractivity contribution in [2.24, 2.45) is 23.0 Å². The van der Waals surface area contributed by atoms with Crippen LogP contribution in [0.1, 0.15) is 26.7 Å². The number of nitrogens with zero attached hydrogens (tertiary/aromatic N) is 1. The molecule has 1 aliphatic heterocycles. The lowest BCUT2D eigenvalue weighted by Crippen LogP contribution is -2.32. The van der Waals surface area contributed by atoms with Crippen LogP contribution in [-0.4, -0.2) is 31.1 Å². The molecule has 1 saturated heterocycles. The lowest BCUT2D eigenvalue weighted by molar-refractivity contribution is 0.258. The Morgan fingerprint density at radius 3 is 2.15 bits per heavy atom. The van der Waals surface area contributed by atoms with Crippen LogP contribution >= 0.6 is 0 Å². The van der Waals surface area contributed by atoms with E-state index in [1.165, 1.54) is 32.5 Å². The molecule has 2 unspecified atom stereocenters. The molecule has 0 aromatic heterocycles. The third-order valence-corrected chi connectivity index (χ3v) is 4.01.